The Labute approximate surface area is 131 Å². The van der Waals surface area contributed by atoms with Gasteiger partial charge in [0, 0.05) is 30.5 Å². The molecule has 1 saturated heterocycles. The second kappa shape index (κ2) is 7.06. The van der Waals surface area contributed by atoms with Crippen LogP contribution in [0, 0.1) is 0 Å². The number of likely N-dealkylation sites (tertiary alicyclic amines) is 1. The summed E-state index contributed by atoms with van der Waals surface area (Å²) in [5, 5.41) is 0.822. The molecule has 2 aromatic rings. The highest BCUT2D eigenvalue weighted by molar-refractivity contribution is 6.30. The molecule has 0 spiro atoms. The van der Waals surface area contributed by atoms with Crippen LogP contribution < -0.4 is 0 Å². The molecular weight excluding hydrogens is 280 g/mol. The number of hydrogen-bond acceptors (Lipinski definition) is 2. The summed E-state index contributed by atoms with van der Waals surface area (Å²) in [6.07, 6.45) is 7.45. The molecule has 0 radical (unpaired) electrons. The standard InChI is InChI=1S/C18H21ClN2/c19-18-7-5-16(6-8-18)17-4-2-11-21(14-17)12-9-15-3-1-10-20-13-15/h1,3,5-8,10,13,17H,2,4,9,11-12,14H2. The Bertz CT molecular complexity index is 553. The largest absolute Gasteiger partial charge is 0.302 e. The maximum atomic E-state index is 5.98. The maximum Gasteiger partial charge on any atom is 0.0406 e. The summed E-state index contributed by atoms with van der Waals surface area (Å²) in [6.45, 7) is 3.49. The third kappa shape index (κ3) is 4.05. The molecule has 110 valence electrons. The highest BCUT2D eigenvalue weighted by Crippen LogP contribution is 2.27. The van der Waals surface area contributed by atoms with E-state index in [9.17, 15) is 0 Å². The van der Waals surface area contributed by atoms with Crippen molar-refractivity contribution < 1.29 is 0 Å². The second-order valence-electron chi connectivity index (χ2n) is 5.80. The fourth-order valence-electron chi connectivity index (χ4n) is 3.10. The van der Waals surface area contributed by atoms with E-state index >= 15 is 0 Å². The van der Waals surface area contributed by atoms with Gasteiger partial charge in [-0.1, -0.05) is 29.8 Å². The molecule has 2 heterocycles. The number of hydrogen-bond donors (Lipinski definition) is 0. The molecule has 0 aliphatic carbocycles. The first-order valence-electron chi connectivity index (χ1n) is 7.68. The summed E-state index contributed by atoms with van der Waals surface area (Å²) in [5.74, 6) is 0.643. The predicted molar refractivity (Wildman–Crippen MR) is 87.8 cm³/mol. The molecule has 0 saturated carbocycles. The number of benzene rings is 1. The number of piperidine rings is 1. The lowest BCUT2D eigenvalue weighted by atomic mass is 9.90. The van der Waals surface area contributed by atoms with Crippen molar-refractivity contribution >= 4 is 11.6 Å². The lowest BCUT2D eigenvalue weighted by molar-refractivity contribution is 0.210. The molecule has 0 N–H and O–H groups in total. The zero-order valence-corrected chi connectivity index (χ0v) is 13.0. The average Bonchev–Trinajstić information content (AvgIpc) is 2.55. The molecule has 1 unspecified atom stereocenters. The summed E-state index contributed by atoms with van der Waals surface area (Å²) < 4.78 is 0. The molecule has 1 atom stereocenters. The lowest BCUT2D eigenvalue weighted by Crippen LogP contribution is -2.35. The van der Waals surface area contributed by atoms with Gasteiger partial charge in [-0.15, -0.1) is 0 Å². The minimum absolute atomic E-state index is 0.643. The van der Waals surface area contributed by atoms with Gasteiger partial charge in [-0.05, 0) is 61.1 Å². The summed E-state index contributed by atoms with van der Waals surface area (Å²) in [7, 11) is 0. The smallest absolute Gasteiger partial charge is 0.0406 e. The topological polar surface area (TPSA) is 16.1 Å². The lowest BCUT2D eigenvalue weighted by Gasteiger charge is -2.33. The van der Waals surface area contributed by atoms with Gasteiger partial charge in [0.05, 0.1) is 0 Å². The van der Waals surface area contributed by atoms with E-state index in [-0.39, 0.29) is 0 Å². The Kier molecular flexibility index (Phi) is 4.89. The Morgan fingerprint density at radius 1 is 1.19 bits per heavy atom. The molecule has 1 aromatic carbocycles. The highest BCUT2D eigenvalue weighted by atomic mass is 35.5. The Hall–Kier alpha value is -1.38. The average molecular weight is 301 g/mol. The molecule has 3 rings (SSSR count). The van der Waals surface area contributed by atoms with Crippen molar-refractivity contribution in [3.8, 4) is 0 Å². The van der Waals surface area contributed by atoms with Crippen molar-refractivity contribution in [3.63, 3.8) is 0 Å². The Morgan fingerprint density at radius 2 is 2.05 bits per heavy atom. The van der Waals surface area contributed by atoms with Crippen LogP contribution in [-0.2, 0) is 6.42 Å². The van der Waals surface area contributed by atoms with E-state index in [4.69, 9.17) is 11.6 Å². The van der Waals surface area contributed by atoms with Crippen LogP contribution in [0.2, 0.25) is 5.02 Å². The summed E-state index contributed by atoms with van der Waals surface area (Å²) >= 11 is 5.98. The van der Waals surface area contributed by atoms with Gasteiger partial charge in [-0.2, -0.15) is 0 Å². The number of aromatic nitrogens is 1. The van der Waals surface area contributed by atoms with Gasteiger partial charge in [0.1, 0.15) is 0 Å². The Morgan fingerprint density at radius 3 is 2.81 bits per heavy atom. The molecule has 3 heteroatoms. The van der Waals surface area contributed by atoms with Gasteiger partial charge in [-0.25, -0.2) is 0 Å². The number of halogens is 1. The van der Waals surface area contributed by atoms with Crippen molar-refractivity contribution in [3.05, 3.63) is 64.9 Å². The van der Waals surface area contributed by atoms with Gasteiger partial charge in [-0.3, -0.25) is 4.98 Å². The monoisotopic (exact) mass is 300 g/mol. The van der Waals surface area contributed by atoms with E-state index in [0.717, 1.165) is 24.5 Å². The zero-order chi connectivity index (χ0) is 14.5. The molecule has 1 fully saturated rings. The summed E-state index contributed by atoms with van der Waals surface area (Å²) in [5.41, 5.74) is 2.75. The third-order valence-electron chi connectivity index (χ3n) is 4.29. The van der Waals surface area contributed by atoms with Crippen molar-refractivity contribution in [2.45, 2.75) is 25.2 Å². The highest BCUT2D eigenvalue weighted by Gasteiger charge is 2.20. The number of pyridine rings is 1. The van der Waals surface area contributed by atoms with Crippen molar-refractivity contribution in [1.29, 1.82) is 0 Å². The van der Waals surface area contributed by atoms with E-state index in [1.165, 1.54) is 30.5 Å². The quantitative estimate of drug-likeness (QED) is 0.843. The molecule has 0 amide bonds. The molecule has 21 heavy (non-hydrogen) atoms. The Balaban J connectivity index is 1.57. The number of rotatable bonds is 4. The molecule has 1 aliphatic rings. The first kappa shape index (κ1) is 14.6. The van der Waals surface area contributed by atoms with Crippen LogP contribution >= 0.6 is 11.6 Å². The minimum atomic E-state index is 0.643. The van der Waals surface area contributed by atoms with Crippen LogP contribution in [0.4, 0.5) is 0 Å². The van der Waals surface area contributed by atoms with Crippen molar-refractivity contribution in [2.24, 2.45) is 0 Å². The van der Waals surface area contributed by atoms with E-state index < -0.39 is 0 Å². The first-order chi connectivity index (χ1) is 10.3. The van der Waals surface area contributed by atoms with E-state index in [1.807, 2.05) is 30.6 Å². The molecular formula is C18H21ClN2. The van der Waals surface area contributed by atoms with E-state index in [1.54, 1.807) is 0 Å². The molecule has 0 bridgehead atoms. The zero-order valence-electron chi connectivity index (χ0n) is 12.2. The van der Waals surface area contributed by atoms with Crippen LogP contribution in [0.25, 0.3) is 0 Å². The molecule has 1 aliphatic heterocycles. The summed E-state index contributed by atoms with van der Waals surface area (Å²) in [6, 6.07) is 12.5. The number of nitrogens with zero attached hydrogens (tertiary/aromatic N) is 2. The fraction of sp³-hybridized carbons (Fsp3) is 0.389. The van der Waals surface area contributed by atoms with Gasteiger partial charge in [0.25, 0.3) is 0 Å². The fourth-order valence-corrected chi connectivity index (χ4v) is 3.22. The van der Waals surface area contributed by atoms with Crippen LogP contribution in [0.1, 0.15) is 29.9 Å². The van der Waals surface area contributed by atoms with E-state index in [0.29, 0.717) is 5.92 Å². The first-order valence-corrected chi connectivity index (χ1v) is 8.06. The van der Waals surface area contributed by atoms with Gasteiger partial charge in [0.15, 0.2) is 0 Å². The van der Waals surface area contributed by atoms with E-state index in [2.05, 4.69) is 28.1 Å². The second-order valence-corrected chi connectivity index (χ2v) is 6.24. The minimum Gasteiger partial charge on any atom is -0.302 e. The van der Waals surface area contributed by atoms with Crippen molar-refractivity contribution in [1.82, 2.24) is 9.88 Å². The maximum absolute atomic E-state index is 5.98. The van der Waals surface area contributed by atoms with Crippen molar-refractivity contribution in [2.75, 3.05) is 19.6 Å². The molecule has 2 nitrogen and oxygen atoms in total. The summed E-state index contributed by atoms with van der Waals surface area (Å²) in [4.78, 5) is 6.77. The van der Waals surface area contributed by atoms with Crippen LogP contribution in [0.3, 0.4) is 0 Å². The SMILES string of the molecule is Clc1ccc(C2CCCN(CCc3cccnc3)C2)cc1. The van der Waals surface area contributed by atoms with Crippen LogP contribution in [0.5, 0.6) is 0 Å². The molecule has 1 aromatic heterocycles. The van der Waals surface area contributed by atoms with Crippen LogP contribution in [-0.4, -0.2) is 29.5 Å². The van der Waals surface area contributed by atoms with Crippen LogP contribution in [0.15, 0.2) is 48.8 Å². The van der Waals surface area contributed by atoms with Gasteiger partial charge < -0.3 is 4.90 Å². The normalized spacial score (nSPS) is 19.6. The third-order valence-corrected chi connectivity index (χ3v) is 4.54. The van der Waals surface area contributed by atoms with Gasteiger partial charge in [0.2, 0.25) is 0 Å². The predicted octanol–water partition coefficient (Wildman–Crippen LogP) is 4.16. The van der Waals surface area contributed by atoms with Gasteiger partial charge >= 0.3 is 0 Å².